The molecule has 0 saturated carbocycles. The van der Waals surface area contributed by atoms with Crippen molar-refractivity contribution in [1.29, 1.82) is 0 Å². The van der Waals surface area contributed by atoms with Crippen LogP contribution in [0.3, 0.4) is 0 Å². The maximum absolute atomic E-state index is 12.0. The minimum Gasteiger partial charge on any atom is -0.465 e. The molecule has 0 atom stereocenters. The third-order valence-corrected chi connectivity index (χ3v) is 4.85. The number of carbonyl (C=O) groups excluding carboxylic acids is 2. The first-order valence-electron chi connectivity index (χ1n) is 8.14. The molecular formula is C17H30Br2O4. The number of alkyl halides is 2. The van der Waals surface area contributed by atoms with Crippen molar-refractivity contribution in [3.8, 4) is 0 Å². The van der Waals surface area contributed by atoms with Gasteiger partial charge in [-0.3, -0.25) is 9.59 Å². The number of hydrogen-bond donors (Lipinski definition) is 0. The lowest BCUT2D eigenvalue weighted by Crippen LogP contribution is -2.28. The fourth-order valence-electron chi connectivity index (χ4n) is 2.00. The molecule has 4 nitrogen and oxygen atoms in total. The highest BCUT2D eigenvalue weighted by atomic mass is 79.9. The fraction of sp³-hybridized carbons (Fsp3) is 0.882. The van der Waals surface area contributed by atoms with Crippen molar-refractivity contribution in [3.05, 3.63) is 0 Å². The molecule has 0 aliphatic heterocycles. The summed E-state index contributed by atoms with van der Waals surface area (Å²) in [5.41, 5.74) is -0.940. The van der Waals surface area contributed by atoms with E-state index >= 15 is 0 Å². The summed E-state index contributed by atoms with van der Waals surface area (Å²) in [5.74, 6) is -0.384. The van der Waals surface area contributed by atoms with Crippen molar-refractivity contribution in [2.24, 2.45) is 10.8 Å². The van der Waals surface area contributed by atoms with Gasteiger partial charge in [-0.1, -0.05) is 31.9 Å². The summed E-state index contributed by atoms with van der Waals surface area (Å²) in [4.78, 5) is 24.0. The number of halogens is 2. The van der Waals surface area contributed by atoms with Gasteiger partial charge in [0.25, 0.3) is 0 Å². The molecule has 6 heteroatoms. The first-order valence-corrected chi connectivity index (χ1v) is 10.4. The van der Waals surface area contributed by atoms with E-state index in [0.717, 1.165) is 36.3 Å². The molecule has 0 aromatic carbocycles. The number of hydrogen-bond acceptors (Lipinski definition) is 4. The van der Waals surface area contributed by atoms with Crippen LogP contribution in [0.2, 0.25) is 0 Å². The van der Waals surface area contributed by atoms with Crippen molar-refractivity contribution in [3.63, 3.8) is 0 Å². The van der Waals surface area contributed by atoms with Crippen LogP contribution in [-0.2, 0) is 19.1 Å². The summed E-state index contributed by atoms with van der Waals surface area (Å²) < 4.78 is 10.6. The van der Waals surface area contributed by atoms with Gasteiger partial charge in [-0.05, 0) is 53.4 Å². The molecule has 0 saturated heterocycles. The number of rotatable bonds is 12. The Morgan fingerprint density at radius 2 is 1.09 bits per heavy atom. The Hall–Kier alpha value is -0.100. The first-order chi connectivity index (χ1) is 10.7. The van der Waals surface area contributed by atoms with E-state index in [1.54, 1.807) is 0 Å². The molecule has 0 radical (unpaired) electrons. The van der Waals surface area contributed by atoms with Gasteiger partial charge in [-0.15, -0.1) is 0 Å². The molecule has 0 aliphatic carbocycles. The first kappa shape index (κ1) is 22.9. The summed E-state index contributed by atoms with van der Waals surface area (Å²) in [6, 6.07) is 0. The second kappa shape index (κ2) is 11.5. The minimum absolute atomic E-state index is 0.192. The van der Waals surface area contributed by atoms with E-state index in [4.69, 9.17) is 9.47 Å². The van der Waals surface area contributed by atoms with Crippen LogP contribution in [0.1, 0.15) is 59.8 Å². The highest BCUT2D eigenvalue weighted by molar-refractivity contribution is 9.09. The van der Waals surface area contributed by atoms with Gasteiger partial charge in [0.1, 0.15) is 0 Å². The summed E-state index contributed by atoms with van der Waals surface area (Å²) in [6.45, 7) is 8.14. The highest BCUT2D eigenvalue weighted by Crippen LogP contribution is 2.25. The summed E-state index contributed by atoms with van der Waals surface area (Å²) in [5, 5.41) is 1.76. The Balaban J connectivity index is 3.96. The third-order valence-electron chi connectivity index (χ3n) is 3.73. The van der Waals surface area contributed by atoms with Gasteiger partial charge in [0.2, 0.25) is 0 Å². The molecule has 0 fully saturated rings. The van der Waals surface area contributed by atoms with Crippen molar-refractivity contribution in [1.82, 2.24) is 0 Å². The lowest BCUT2D eigenvalue weighted by atomic mass is 9.88. The van der Waals surface area contributed by atoms with Crippen LogP contribution in [0.5, 0.6) is 0 Å². The molecule has 136 valence electrons. The quantitative estimate of drug-likeness (QED) is 0.238. The summed E-state index contributed by atoms with van der Waals surface area (Å²) in [6.07, 6.45) is 3.97. The van der Waals surface area contributed by atoms with Gasteiger partial charge in [-0.2, -0.15) is 0 Å². The van der Waals surface area contributed by atoms with Gasteiger partial charge in [0.15, 0.2) is 0 Å². The molecule has 0 bridgehead atoms. The van der Waals surface area contributed by atoms with Crippen molar-refractivity contribution < 1.29 is 19.1 Å². The van der Waals surface area contributed by atoms with Crippen molar-refractivity contribution in [2.45, 2.75) is 59.8 Å². The molecule has 0 aromatic heterocycles. The zero-order valence-electron chi connectivity index (χ0n) is 14.8. The standard InChI is InChI=1S/C17H30Br2O4/c1-16(2,8-5-10-18)14(20)22-12-7-13-23-15(21)17(3,4)9-6-11-19/h5-13H2,1-4H3. The average Bonchev–Trinajstić information content (AvgIpc) is 2.50. The van der Waals surface area contributed by atoms with E-state index in [-0.39, 0.29) is 25.2 Å². The van der Waals surface area contributed by atoms with Crippen LogP contribution < -0.4 is 0 Å². The molecule has 0 rings (SSSR count). The lowest BCUT2D eigenvalue weighted by Gasteiger charge is -2.23. The van der Waals surface area contributed by atoms with Crippen molar-refractivity contribution >= 4 is 43.8 Å². The molecule has 0 heterocycles. The number of carbonyl (C=O) groups is 2. The predicted molar refractivity (Wildman–Crippen MR) is 100 cm³/mol. The molecule has 0 N–H and O–H groups in total. The molecule has 0 aliphatic rings. The normalized spacial score (nSPS) is 12.1. The van der Waals surface area contributed by atoms with E-state index in [1.165, 1.54) is 0 Å². The van der Waals surface area contributed by atoms with Crippen LogP contribution in [0.4, 0.5) is 0 Å². The van der Waals surface area contributed by atoms with E-state index < -0.39 is 10.8 Å². The van der Waals surface area contributed by atoms with Crippen LogP contribution in [0.25, 0.3) is 0 Å². The zero-order valence-corrected chi connectivity index (χ0v) is 17.9. The Morgan fingerprint density at radius 3 is 1.39 bits per heavy atom. The van der Waals surface area contributed by atoms with Gasteiger partial charge in [0, 0.05) is 17.1 Å². The summed E-state index contributed by atoms with van der Waals surface area (Å²) >= 11 is 6.73. The van der Waals surface area contributed by atoms with E-state index in [2.05, 4.69) is 31.9 Å². The molecule has 0 aromatic rings. The van der Waals surface area contributed by atoms with E-state index in [0.29, 0.717) is 6.42 Å². The number of esters is 2. The van der Waals surface area contributed by atoms with Crippen molar-refractivity contribution in [2.75, 3.05) is 23.9 Å². The molecule has 0 unspecified atom stereocenters. The van der Waals surface area contributed by atoms with Crippen LogP contribution >= 0.6 is 31.9 Å². The average molecular weight is 458 g/mol. The Kier molecular flexibility index (Phi) is 11.4. The molecule has 23 heavy (non-hydrogen) atoms. The van der Waals surface area contributed by atoms with Gasteiger partial charge >= 0.3 is 11.9 Å². The number of ether oxygens (including phenoxy) is 2. The molecule has 0 spiro atoms. The fourth-order valence-corrected chi connectivity index (χ4v) is 2.56. The van der Waals surface area contributed by atoms with E-state index in [9.17, 15) is 9.59 Å². The third kappa shape index (κ3) is 9.70. The Morgan fingerprint density at radius 1 is 0.739 bits per heavy atom. The zero-order chi connectivity index (χ0) is 17.9. The predicted octanol–water partition coefficient (Wildman–Crippen LogP) is 4.87. The minimum atomic E-state index is -0.470. The maximum atomic E-state index is 12.0. The van der Waals surface area contributed by atoms with Crippen LogP contribution in [0, 0.1) is 10.8 Å². The topological polar surface area (TPSA) is 52.6 Å². The van der Waals surface area contributed by atoms with Gasteiger partial charge < -0.3 is 9.47 Å². The Labute approximate surface area is 157 Å². The second-order valence-electron chi connectivity index (χ2n) is 6.98. The lowest BCUT2D eigenvalue weighted by molar-refractivity contribution is -0.157. The van der Waals surface area contributed by atoms with Crippen LogP contribution in [0.15, 0.2) is 0 Å². The van der Waals surface area contributed by atoms with E-state index in [1.807, 2.05) is 27.7 Å². The smallest absolute Gasteiger partial charge is 0.311 e. The molecular weight excluding hydrogens is 428 g/mol. The summed E-state index contributed by atoms with van der Waals surface area (Å²) in [7, 11) is 0. The SMILES string of the molecule is CC(C)(CCCBr)C(=O)OCCCOC(=O)C(C)(C)CCCBr. The second-order valence-corrected chi connectivity index (χ2v) is 8.56. The van der Waals surface area contributed by atoms with Gasteiger partial charge in [-0.25, -0.2) is 0 Å². The van der Waals surface area contributed by atoms with Crippen LogP contribution in [-0.4, -0.2) is 35.8 Å². The largest absolute Gasteiger partial charge is 0.465 e. The van der Waals surface area contributed by atoms with Gasteiger partial charge in [0.05, 0.1) is 24.0 Å². The Bertz CT molecular complexity index is 334. The maximum Gasteiger partial charge on any atom is 0.311 e. The monoisotopic (exact) mass is 456 g/mol. The highest BCUT2D eigenvalue weighted by Gasteiger charge is 2.29. The molecule has 0 amide bonds.